The van der Waals surface area contributed by atoms with Gasteiger partial charge >= 0.3 is 5.97 Å². The first-order chi connectivity index (χ1) is 17.2. The van der Waals surface area contributed by atoms with E-state index < -0.39 is 39.6 Å². The maximum absolute atomic E-state index is 13.1. The van der Waals surface area contributed by atoms with Crippen LogP contribution in [0.1, 0.15) is 44.7 Å². The van der Waals surface area contributed by atoms with Crippen LogP contribution < -0.4 is 0 Å². The number of fused-ring (bicyclic) bond motifs is 1. The topological polar surface area (TPSA) is 109 Å². The van der Waals surface area contributed by atoms with Gasteiger partial charge in [-0.05, 0) is 60.6 Å². The summed E-state index contributed by atoms with van der Waals surface area (Å²) in [5.41, 5.74) is -0.179. The Balaban J connectivity index is 1.56. The lowest BCUT2D eigenvalue weighted by molar-refractivity contribution is -0.144. The number of aliphatic carboxylic acids is 1. The Labute approximate surface area is 209 Å². The first kappa shape index (κ1) is 23.9. The van der Waals surface area contributed by atoms with Gasteiger partial charge in [-0.2, -0.15) is 0 Å². The third kappa shape index (κ3) is 4.33. The number of carboxylic acids is 1. The molecule has 2 aliphatic rings. The van der Waals surface area contributed by atoms with Crippen molar-refractivity contribution in [3.63, 3.8) is 0 Å². The highest BCUT2D eigenvalue weighted by atomic mass is 32.2. The molecule has 0 saturated heterocycles. The summed E-state index contributed by atoms with van der Waals surface area (Å²) in [7, 11) is -3.48. The molecule has 1 aliphatic carbocycles. The lowest BCUT2D eigenvalue weighted by Crippen LogP contribution is -2.50. The van der Waals surface area contributed by atoms with Crippen molar-refractivity contribution < 1.29 is 27.9 Å². The van der Waals surface area contributed by atoms with Gasteiger partial charge in [0.25, 0.3) is 11.8 Å². The maximum Gasteiger partial charge on any atom is 0.316 e. The summed E-state index contributed by atoms with van der Waals surface area (Å²) in [6, 6.07) is 21.2. The lowest BCUT2D eigenvalue weighted by Gasteiger charge is -2.33. The summed E-state index contributed by atoms with van der Waals surface area (Å²) in [4.78, 5) is 40.3. The number of amides is 2. The molecule has 0 spiro atoms. The van der Waals surface area contributed by atoms with E-state index in [0.717, 1.165) is 17.7 Å². The quantitative estimate of drug-likeness (QED) is 0.446. The number of carbonyl (C=O) groups is 3. The zero-order chi connectivity index (χ0) is 25.5. The normalized spacial score (nSPS) is 17.1. The highest BCUT2D eigenvalue weighted by molar-refractivity contribution is 7.91. The molecule has 3 aromatic rings. The molecule has 36 heavy (non-hydrogen) atoms. The smallest absolute Gasteiger partial charge is 0.316 e. The van der Waals surface area contributed by atoms with Crippen LogP contribution in [0.4, 0.5) is 0 Å². The Morgan fingerprint density at radius 2 is 1.42 bits per heavy atom. The number of sulfone groups is 1. The van der Waals surface area contributed by atoms with E-state index in [-0.39, 0.29) is 34.1 Å². The van der Waals surface area contributed by atoms with Crippen LogP contribution in [0.25, 0.3) is 0 Å². The predicted molar refractivity (Wildman–Crippen MR) is 132 cm³/mol. The number of rotatable bonds is 9. The van der Waals surface area contributed by atoms with E-state index in [4.69, 9.17) is 0 Å². The number of imide groups is 1. The van der Waals surface area contributed by atoms with Crippen LogP contribution in [0.2, 0.25) is 0 Å². The Bertz CT molecular complexity index is 1410. The molecule has 7 nitrogen and oxygen atoms in total. The summed E-state index contributed by atoms with van der Waals surface area (Å²) in [6.07, 6.45) is 1.80. The fourth-order valence-electron chi connectivity index (χ4n) is 4.79. The van der Waals surface area contributed by atoms with Gasteiger partial charge in [0.05, 0.1) is 21.8 Å². The molecule has 1 atom stereocenters. The molecular formula is C28H25NO6S. The Morgan fingerprint density at radius 1 is 0.861 bits per heavy atom. The molecule has 0 bridgehead atoms. The Morgan fingerprint density at radius 3 is 1.94 bits per heavy atom. The zero-order valence-corrected chi connectivity index (χ0v) is 20.3. The molecular weight excluding hydrogens is 478 g/mol. The molecule has 0 radical (unpaired) electrons. The lowest BCUT2D eigenvalue weighted by atomic mass is 9.75. The van der Waals surface area contributed by atoms with E-state index in [1.165, 1.54) is 24.3 Å². The monoisotopic (exact) mass is 503 g/mol. The molecule has 5 rings (SSSR count). The highest BCUT2D eigenvalue weighted by Crippen LogP contribution is 2.36. The third-order valence-electron chi connectivity index (χ3n) is 6.98. The van der Waals surface area contributed by atoms with Crippen LogP contribution in [-0.4, -0.2) is 48.5 Å². The molecule has 2 amide bonds. The number of nitrogens with zero attached hydrogens (tertiary/aromatic N) is 1. The molecule has 1 heterocycles. The van der Waals surface area contributed by atoms with Crippen LogP contribution in [-0.2, 0) is 26.5 Å². The molecule has 1 fully saturated rings. The number of carboxylic acid groups (broad SMARTS) is 1. The molecule has 1 aliphatic heterocycles. The van der Waals surface area contributed by atoms with Crippen molar-refractivity contribution >= 4 is 27.6 Å². The fraction of sp³-hybridized carbons (Fsp3) is 0.250. The van der Waals surface area contributed by atoms with Gasteiger partial charge in [0.1, 0.15) is 5.41 Å². The fourth-order valence-corrected chi connectivity index (χ4v) is 6.48. The third-order valence-corrected chi connectivity index (χ3v) is 8.88. The number of hydrogen-bond donors (Lipinski definition) is 1. The van der Waals surface area contributed by atoms with Crippen molar-refractivity contribution in [1.82, 2.24) is 4.90 Å². The second kappa shape index (κ2) is 9.02. The van der Waals surface area contributed by atoms with Gasteiger partial charge in [-0.1, -0.05) is 54.6 Å². The number of benzene rings is 3. The SMILES string of the molecule is O=C1c2ccccc2C(=O)N1CC(Cc1ccccc1)(C(=O)O)c1ccc(S(=O)(=O)CC2CC2)cc1. The van der Waals surface area contributed by atoms with Crippen LogP contribution in [0.5, 0.6) is 0 Å². The van der Waals surface area contributed by atoms with Crippen molar-refractivity contribution in [2.24, 2.45) is 5.92 Å². The van der Waals surface area contributed by atoms with Gasteiger partial charge in [-0.15, -0.1) is 0 Å². The minimum Gasteiger partial charge on any atom is -0.481 e. The van der Waals surface area contributed by atoms with Gasteiger partial charge in [0.2, 0.25) is 0 Å². The van der Waals surface area contributed by atoms with E-state index in [9.17, 15) is 27.9 Å². The minimum atomic E-state index is -3.48. The summed E-state index contributed by atoms with van der Waals surface area (Å²) in [6.45, 7) is -0.391. The van der Waals surface area contributed by atoms with Crippen molar-refractivity contribution in [3.05, 3.63) is 101 Å². The van der Waals surface area contributed by atoms with Crippen molar-refractivity contribution in [2.45, 2.75) is 29.6 Å². The highest BCUT2D eigenvalue weighted by Gasteiger charge is 2.47. The number of carbonyl (C=O) groups excluding carboxylic acids is 2. The second-order valence-electron chi connectivity index (χ2n) is 9.54. The average Bonchev–Trinajstić information content (AvgIpc) is 3.65. The van der Waals surface area contributed by atoms with Gasteiger partial charge in [-0.25, -0.2) is 8.42 Å². The number of hydrogen-bond acceptors (Lipinski definition) is 5. The molecule has 0 aromatic heterocycles. The van der Waals surface area contributed by atoms with Gasteiger partial charge in [-0.3, -0.25) is 19.3 Å². The molecule has 1 unspecified atom stereocenters. The molecule has 8 heteroatoms. The van der Waals surface area contributed by atoms with E-state index >= 15 is 0 Å². The van der Waals surface area contributed by atoms with E-state index in [2.05, 4.69) is 0 Å². The summed E-state index contributed by atoms with van der Waals surface area (Å²) in [5, 5.41) is 10.6. The van der Waals surface area contributed by atoms with E-state index in [1.54, 1.807) is 48.5 Å². The van der Waals surface area contributed by atoms with Crippen LogP contribution in [0.3, 0.4) is 0 Å². The Kier molecular flexibility index (Phi) is 6.00. The predicted octanol–water partition coefficient (Wildman–Crippen LogP) is 3.73. The van der Waals surface area contributed by atoms with Gasteiger partial charge in [0, 0.05) is 6.54 Å². The van der Waals surface area contributed by atoms with Crippen molar-refractivity contribution in [2.75, 3.05) is 12.3 Å². The average molecular weight is 504 g/mol. The Hall–Kier alpha value is -3.78. The first-order valence-electron chi connectivity index (χ1n) is 11.8. The van der Waals surface area contributed by atoms with Crippen molar-refractivity contribution in [3.8, 4) is 0 Å². The summed E-state index contributed by atoms with van der Waals surface area (Å²) in [5.74, 6) is -2.04. The first-order valence-corrected chi connectivity index (χ1v) is 13.4. The molecule has 184 valence electrons. The van der Waals surface area contributed by atoms with Crippen LogP contribution >= 0.6 is 0 Å². The summed E-state index contributed by atoms with van der Waals surface area (Å²) >= 11 is 0. The van der Waals surface area contributed by atoms with E-state index in [0.29, 0.717) is 11.1 Å². The molecule has 1 N–H and O–H groups in total. The minimum absolute atomic E-state index is 0.00471. The van der Waals surface area contributed by atoms with Gasteiger partial charge in [0.15, 0.2) is 9.84 Å². The molecule has 3 aromatic carbocycles. The standard InChI is InChI=1S/C28H25NO6S/c30-25-23-8-4-5-9-24(23)26(31)29(25)18-28(27(32)33,16-19-6-2-1-3-7-19)21-12-14-22(15-13-21)36(34,35)17-20-10-11-20/h1-9,12-15,20H,10-11,16-18H2,(H,32,33). The van der Waals surface area contributed by atoms with Gasteiger partial charge < -0.3 is 5.11 Å². The van der Waals surface area contributed by atoms with Crippen LogP contribution in [0.15, 0.2) is 83.8 Å². The zero-order valence-electron chi connectivity index (χ0n) is 19.5. The maximum atomic E-state index is 13.1. The summed E-state index contributed by atoms with van der Waals surface area (Å²) < 4.78 is 25.5. The van der Waals surface area contributed by atoms with Crippen LogP contribution in [0, 0.1) is 5.92 Å². The van der Waals surface area contributed by atoms with E-state index in [1.807, 2.05) is 6.07 Å². The van der Waals surface area contributed by atoms with Crippen molar-refractivity contribution in [1.29, 1.82) is 0 Å². The largest absolute Gasteiger partial charge is 0.481 e. The second-order valence-corrected chi connectivity index (χ2v) is 11.6. The molecule has 1 saturated carbocycles.